The summed E-state index contributed by atoms with van der Waals surface area (Å²) >= 11 is 0. The minimum atomic E-state index is -0.441. The van der Waals surface area contributed by atoms with Crippen molar-refractivity contribution in [2.24, 2.45) is 0 Å². The molecule has 1 fully saturated rings. The van der Waals surface area contributed by atoms with Gasteiger partial charge in [-0.05, 0) is 18.9 Å². The number of nitro groups is 1. The summed E-state index contributed by atoms with van der Waals surface area (Å²) in [6.45, 7) is 1.19. The molecular formula is C10H13N3O3. The zero-order valence-corrected chi connectivity index (χ0v) is 8.74. The first kappa shape index (κ1) is 10.8. The predicted molar refractivity (Wildman–Crippen MR) is 58.3 cm³/mol. The first-order valence-corrected chi connectivity index (χ1v) is 5.20. The number of nitrogens with zero attached hydrogens (tertiary/aromatic N) is 3. The molecule has 0 spiro atoms. The Hall–Kier alpha value is -1.69. The highest BCUT2D eigenvalue weighted by Gasteiger charge is 2.24. The molecule has 6 heteroatoms. The van der Waals surface area contributed by atoms with Gasteiger partial charge in [-0.1, -0.05) is 0 Å². The van der Waals surface area contributed by atoms with Gasteiger partial charge in [0.2, 0.25) is 0 Å². The monoisotopic (exact) mass is 223 g/mol. The Labute approximate surface area is 92.7 Å². The van der Waals surface area contributed by atoms with Gasteiger partial charge in [-0.3, -0.25) is 15.1 Å². The van der Waals surface area contributed by atoms with Crippen molar-refractivity contribution in [3.05, 3.63) is 28.6 Å². The highest BCUT2D eigenvalue weighted by atomic mass is 16.6. The average molecular weight is 223 g/mol. The van der Waals surface area contributed by atoms with Gasteiger partial charge in [0.1, 0.15) is 11.9 Å². The largest absolute Gasteiger partial charge is 0.391 e. The summed E-state index contributed by atoms with van der Waals surface area (Å²) in [6.07, 6.45) is 3.98. The fourth-order valence-corrected chi connectivity index (χ4v) is 1.96. The lowest BCUT2D eigenvalue weighted by Crippen LogP contribution is -2.38. The van der Waals surface area contributed by atoms with Gasteiger partial charge < -0.3 is 10.0 Å². The van der Waals surface area contributed by atoms with E-state index >= 15 is 0 Å². The molecule has 1 aromatic rings. The first-order chi connectivity index (χ1) is 7.68. The van der Waals surface area contributed by atoms with E-state index in [4.69, 9.17) is 0 Å². The molecule has 86 valence electrons. The second kappa shape index (κ2) is 4.44. The SMILES string of the molecule is O=[N+]([O-])c1cnccc1N1CCC[C@@H](O)C1. The van der Waals surface area contributed by atoms with Crippen molar-refractivity contribution in [2.45, 2.75) is 18.9 Å². The maximum atomic E-state index is 10.8. The Bertz CT molecular complexity index is 397. The van der Waals surface area contributed by atoms with Crippen molar-refractivity contribution in [2.75, 3.05) is 18.0 Å². The summed E-state index contributed by atoms with van der Waals surface area (Å²) < 4.78 is 0. The Balaban J connectivity index is 2.28. The van der Waals surface area contributed by atoms with Crippen molar-refractivity contribution in [1.82, 2.24) is 4.98 Å². The van der Waals surface area contributed by atoms with Crippen LogP contribution in [-0.2, 0) is 0 Å². The summed E-state index contributed by atoms with van der Waals surface area (Å²) in [5.41, 5.74) is 0.537. The van der Waals surface area contributed by atoms with Crippen LogP contribution in [0.15, 0.2) is 18.5 Å². The van der Waals surface area contributed by atoms with Crippen LogP contribution >= 0.6 is 0 Å². The van der Waals surface area contributed by atoms with Crippen LogP contribution in [0.2, 0.25) is 0 Å². The van der Waals surface area contributed by atoms with Gasteiger partial charge in [-0.25, -0.2) is 0 Å². The lowest BCUT2D eigenvalue weighted by Gasteiger charge is -2.31. The maximum absolute atomic E-state index is 10.8. The van der Waals surface area contributed by atoms with Crippen molar-refractivity contribution >= 4 is 11.4 Å². The first-order valence-electron chi connectivity index (χ1n) is 5.20. The Morgan fingerprint density at radius 2 is 2.44 bits per heavy atom. The van der Waals surface area contributed by atoms with Crippen LogP contribution in [0.5, 0.6) is 0 Å². The number of rotatable bonds is 2. The van der Waals surface area contributed by atoms with Crippen LogP contribution in [0.1, 0.15) is 12.8 Å². The molecule has 0 amide bonds. The van der Waals surface area contributed by atoms with E-state index in [0.29, 0.717) is 12.2 Å². The number of hydrogen-bond donors (Lipinski definition) is 1. The van der Waals surface area contributed by atoms with Gasteiger partial charge in [-0.15, -0.1) is 0 Å². The van der Waals surface area contributed by atoms with Crippen LogP contribution in [0.25, 0.3) is 0 Å². The second-order valence-electron chi connectivity index (χ2n) is 3.86. The molecule has 0 aromatic carbocycles. The highest BCUT2D eigenvalue weighted by molar-refractivity contribution is 5.61. The Morgan fingerprint density at radius 3 is 3.12 bits per heavy atom. The zero-order chi connectivity index (χ0) is 11.5. The topological polar surface area (TPSA) is 79.5 Å². The quantitative estimate of drug-likeness (QED) is 0.596. The summed E-state index contributed by atoms with van der Waals surface area (Å²) in [6, 6.07) is 1.62. The maximum Gasteiger partial charge on any atom is 0.310 e. The molecule has 16 heavy (non-hydrogen) atoms. The third kappa shape index (κ3) is 2.11. The number of anilines is 1. The van der Waals surface area contributed by atoms with Crippen LogP contribution in [0.4, 0.5) is 11.4 Å². The van der Waals surface area contributed by atoms with Crippen LogP contribution in [0.3, 0.4) is 0 Å². The normalized spacial score (nSPS) is 20.8. The van der Waals surface area contributed by atoms with Crippen molar-refractivity contribution in [1.29, 1.82) is 0 Å². The summed E-state index contributed by atoms with van der Waals surface area (Å²) in [7, 11) is 0. The van der Waals surface area contributed by atoms with E-state index in [1.54, 1.807) is 6.07 Å². The fourth-order valence-electron chi connectivity index (χ4n) is 1.96. The Kier molecular flexibility index (Phi) is 3.00. The Morgan fingerprint density at radius 1 is 1.62 bits per heavy atom. The number of piperidine rings is 1. The molecule has 1 atom stereocenters. The van der Waals surface area contributed by atoms with Gasteiger partial charge in [-0.2, -0.15) is 0 Å². The average Bonchev–Trinajstić information content (AvgIpc) is 2.29. The molecule has 0 saturated carbocycles. The molecule has 6 nitrogen and oxygen atoms in total. The zero-order valence-electron chi connectivity index (χ0n) is 8.74. The number of aromatic nitrogens is 1. The minimum Gasteiger partial charge on any atom is -0.391 e. The lowest BCUT2D eigenvalue weighted by molar-refractivity contribution is -0.384. The van der Waals surface area contributed by atoms with E-state index < -0.39 is 11.0 Å². The van der Waals surface area contributed by atoms with Gasteiger partial charge in [0, 0.05) is 19.3 Å². The molecule has 2 rings (SSSR count). The summed E-state index contributed by atoms with van der Waals surface area (Å²) in [5, 5.41) is 20.4. The van der Waals surface area contributed by atoms with Crippen LogP contribution in [0, 0.1) is 10.1 Å². The lowest BCUT2D eigenvalue weighted by atomic mass is 10.1. The fraction of sp³-hybridized carbons (Fsp3) is 0.500. The molecule has 0 unspecified atom stereocenters. The van der Waals surface area contributed by atoms with Gasteiger partial charge in [0.05, 0.1) is 11.0 Å². The molecular weight excluding hydrogens is 210 g/mol. The van der Waals surface area contributed by atoms with Gasteiger partial charge in [0.25, 0.3) is 0 Å². The summed E-state index contributed by atoms with van der Waals surface area (Å²) in [4.78, 5) is 16.0. The van der Waals surface area contributed by atoms with Crippen molar-refractivity contribution in [3.8, 4) is 0 Å². The third-order valence-electron chi connectivity index (χ3n) is 2.71. The van der Waals surface area contributed by atoms with Crippen LogP contribution in [-0.4, -0.2) is 34.2 Å². The molecule has 1 N–H and O–H groups in total. The number of β-amino-alcohol motifs (C(OH)–C–C–N with tert-alkyl or cyclic N) is 1. The molecule has 1 aromatic heterocycles. The summed E-state index contributed by atoms with van der Waals surface area (Å²) in [5.74, 6) is 0. The van der Waals surface area contributed by atoms with Gasteiger partial charge in [0.15, 0.2) is 0 Å². The number of aliphatic hydroxyl groups is 1. The molecule has 1 aliphatic rings. The van der Waals surface area contributed by atoms with Crippen LogP contribution < -0.4 is 4.90 Å². The van der Waals surface area contributed by atoms with Crippen molar-refractivity contribution < 1.29 is 10.0 Å². The predicted octanol–water partition coefficient (Wildman–Crippen LogP) is 0.951. The van der Waals surface area contributed by atoms with Gasteiger partial charge >= 0.3 is 5.69 Å². The molecule has 1 aliphatic heterocycles. The molecule has 1 saturated heterocycles. The molecule has 0 radical (unpaired) electrons. The number of aliphatic hydroxyl groups excluding tert-OH is 1. The van der Waals surface area contributed by atoms with E-state index in [0.717, 1.165) is 19.4 Å². The third-order valence-corrected chi connectivity index (χ3v) is 2.71. The molecule has 2 heterocycles. The van der Waals surface area contributed by atoms with E-state index in [1.807, 2.05) is 4.90 Å². The van der Waals surface area contributed by atoms with Crippen molar-refractivity contribution in [3.63, 3.8) is 0 Å². The highest BCUT2D eigenvalue weighted by Crippen LogP contribution is 2.28. The van der Waals surface area contributed by atoms with E-state index in [1.165, 1.54) is 12.4 Å². The van der Waals surface area contributed by atoms with E-state index in [2.05, 4.69) is 4.98 Å². The smallest absolute Gasteiger partial charge is 0.310 e. The molecule has 0 bridgehead atoms. The number of pyridine rings is 1. The molecule has 0 aliphatic carbocycles. The number of hydrogen-bond acceptors (Lipinski definition) is 5. The standard InChI is InChI=1S/C10H13N3O3/c14-8-2-1-5-12(7-8)9-3-4-11-6-10(9)13(15)16/h3-4,6,8,14H,1-2,5,7H2/t8-/m1/s1. The minimum absolute atomic E-state index is 0.00315. The van der Waals surface area contributed by atoms with E-state index in [-0.39, 0.29) is 5.69 Å². The second-order valence-corrected chi connectivity index (χ2v) is 3.86. The van der Waals surface area contributed by atoms with E-state index in [9.17, 15) is 15.2 Å².